The molecule has 2 aromatic carbocycles. The Bertz CT molecular complexity index is 1400. The standard InChI is InChI=1S/C25H24N4O3/c1-16-22-20(13-25(2,3)14-21(22)30)28(27-16)24-26-19-12-8-7-11-18(19)23(31)29(24)32-15-17-9-5-4-6-10-17/h4-12H,13-15H2,1-3H3. The number of Topliss-reactive ketones (excluding diaryl/α,β-unsaturated/α-hetero) is 1. The van der Waals surface area contributed by atoms with Gasteiger partial charge in [0.1, 0.15) is 6.61 Å². The molecule has 1 aliphatic carbocycles. The number of hydrogen-bond acceptors (Lipinski definition) is 5. The molecule has 32 heavy (non-hydrogen) atoms. The maximum Gasteiger partial charge on any atom is 0.296 e. The van der Waals surface area contributed by atoms with Crippen LogP contribution < -0.4 is 10.4 Å². The number of rotatable bonds is 4. The molecule has 0 atom stereocenters. The van der Waals surface area contributed by atoms with E-state index in [2.05, 4.69) is 18.9 Å². The summed E-state index contributed by atoms with van der Waals surface area (Å²) in [6.45, 7) is 6.14. The van der Waals surface area contributed by atoms with Crippen molar-refractivity contribution in [3.05, 3.63) is 87.5 Å². The van der Waals surface area contributed by atoms with Gasteiger partial charge in [0.25, 0.3) is 11.5 Å². The van der Waals surface area contributed by atoms with E-state index in [1.807, 2.05) is 43.3 Å². The van der Waals surface area contributed by atoms with E-state index in [1.54, 1.807) is 22.9 Å². The van der Waals surface area contributed by atoms with Crippen LogP contribution >= 0.6 is 0 Å². The summed E-state index contributed by atoms with van der Waals surface area (Å²) in [5.74, 6) is 0.319. The fourth-order valence-electron chi connectivity index (χ4n) is 4.37. The molecule has 0 amide bonds. The van der Waals surface area contributed by atoms with Gasteiger partial charge in [0.15, 0.2) is 5.78 Å². The zero-order valence-electron chi connectivity index (χ0n) is 18.3. The van der Waals surface area contributed by atoms with E-state index < -0.39 is 0 Å². The van der Waals surface area contributed by atoms with Gasteiger partial charge in [-0.3, -0.25) is 9.59 Å². The van der Waals surface area contributed by atoms with Gasteiger partial charge in [-0.2, -0.15) is 5.10 Å². The second kappa shape index (κ2) is 7.44. The molecule has 0 bridgehead atoms. The molecular weight excluding hydrogens is 404 g/mol. The average molecular weight is 428 g/mol. The molecule has 0 unspecified atom stereocenters. The number of carbonyl (C=O) groups excluding carboxylic acids is 1. The van der Waals surface area contributed by atoms with Crippen molar-refractivity contribution in [1.29, 1.82) is 0 Å². The Balaban J connectivity index is 1.72. The van der Waals surface area contributed by atoms with Gasteiger partial charge in [0.05, 0.1) is 27.9 Å². The van der Waals surface area contributed by atoms with Crippen molar-refractivity contribution in [2.75, 3.05) is 0 Å². The van der Waals surface area contributed by atoms with Crippen molar-refractivity contribution in [1.82, 2.24) is 19.5 Å². The van der Waals surface area contributed by atoms with Gasteiger partial charge in [0, 0.05) is 6.42 Å². The first-order chi connectivity index (χ1) is 15.3. The molecule has 2 aromatic heterocycles. The van der Waals surface area contributed by atoms with Gasteiger partial charge in [-0.1, -0.05) is 56.3 Å². The van der Waals surface area contributed by atoms with Crippen molar-refractivity contribution in [3.8, 4) is 5.95 Å². The summed E-state index contributed by atoms with van der Waals surface area (Å²) in [4.78, 5) is 37.0. The van der Waals surface area contributed by atoms with Crippen molar-refractivity contribution >= 4 is 16.7 Å². The molecule has 5 rings (SSSR count). The predicted molar refractivity (Wildman–Crippen MR) is 121 cm³/mol. The van der Waals surface area contributed by atoms with Gasteiger partial charge in [-0.25, -0.2) is 9.67 Å². The molecule has 7 nitrogen and oxygen atoms in total. The monoisotopic (exact) mass is 428 g/mol. The third-order valence-electron chi connectivity index (χ3n) is 5.83. The van der Waals surface area contributed by atoms with E-state index in [-0.39, 0.29) is 29.3 Å². The van der Waals surface area contributed by atoms with Crippen molar-refractivity contribution < 1.29 is 9.63 Å². The summed E-state index contributed by atoms with van der Waals surface area (Å²) in [7, 11) is 0. The Morgan fingerprint density at radius 1 is 1.00 bits per heavy atom. The number of nitrogens with zero attached hydrogens (tertiary/aromatic N) is 4. The molecule has 162 valence electrons. The highest BCUT2D eigenvalue weighted by atomic mass is 16.7. The Morgan fingerprint density at radius 3 is 2.50 bits per heavy atom. The number of carbonyl (C=O) groups is 1. The molecule has 0 saturated heterocycles. The van der Waals surface area contributed by atoms with Crippen molar-refractivity contribution in [3.63, 3.8) is 0 Å². The first-order valence-electron chi connectivity index (χ1n) is 10.7. The number of aromatic nitrogens is 4. The maximum absolute atomic E-state index is 13.4. The minimum Gasteiger partial charge on any atom is -0.402 e. The lowest BCUT2D eigenvalue weighted by molar-refractivity contribution is 0.0853. The topological polar surface area (TPSA) is 79.0 Å². The van der Waals surface area contributed by atoms with E-state index in [4.69, 9.17) is 9.82 Å². The van der Waals surface area contributed by atoms with Crippen molar-refractivity contribution in [2.45, 2.75) is 40.2 Å². The molecule has 2 heterocycles. The molecule has 0 N–H and O–H groups in total. The first kappa shape index (κ1) is 20.2. The van der Waals surface area contributed by atoms with Gasteiger partial charge < -0.3 is 4.84 Å². The zero-order chi connectivity index (χ0) is 22.5. The second-order valence-corrected chi connectivity index (χ2v) is 9.05. The fourth-order valence-corrected chi connectivity index (χ4v) is 4.37. The van der Waals surface area contributed by atoms with E-state index >= 15 is 0 Å². The summed E-state index contributed by atoms with van der Waals surface area (Å²) in [5.41, 5.74) is 2.98. The number of aryl methyl sites for hydroxylation is 1. The lowest BCUT2D eigenvalue weighted by Gasteiger charge is -2.29. The highest BCUT2D eigenvalue weighted by molar-refractivity contribution is 5.99. The Labute approximate surface area is 185 Å². The highest BCUT2D eigenvalue weighted by Crippen LogP contribution is 2.36. The number of hydrogen-bond donors (Lipinski definition) is 0. The highest BCUT2D eigenvalue weighted by Gasteiger charge is 2.36. The Hall–Kier alpha value is -3.74. The zero-order valence-corrected chi connectivity index (χ0v) is 18.3. The molecule has 0 aliphatic heterocycles. The van der Waals surface area contributed by atoms with E-state index in [1.165, 1.54) is 4.73 Å². The van der Waals surface area contributed by atoms with E-state index in [0.717, 1.165) is 11.3 Å². The molecule has 0 radical (unpaired) electrons. The molecule has 7 heteroatoms. The van der Waals surface area contributed by atoms with Crippen LogP contribution in [0.3, 0.4) is 0 Å². The summed E-state index contributed by atoms with van der Waals surface area (Å²) >= 11 is 0. The average Bonchev–Trinajstić information content (AvgIpc) is 3.08. The second-order valence-electron chi connectivity index (χ2n) is 9.05. The lowest BCUT2D eigenvalue weighted by Crippen LogP contribution is -2.34. The maximum atomic E-state index is 13.4. The van der Waals surface area contributed by atoms with Crippen molar-refractivity contribution in [2.24, 2.45) is 5.41 Å². The number of fused-ring (bicyclic) bond motifs is 2. The molecule has 4 aromatic rings. The van der Waals surface area contributed by atoms with Crippen LogP contribution in [0.15, 0.2) is 59.4 Å². The van der Waals surface area contributed by atoms with Crippen LogP contribution in [0.4, 0.5) is 0 Å². The minimum absolute atomic E-state index is 0.0693. The van der Waals surface area contributed by atoms with Crippen LogP contribution in [0.2, 0.25) is 0 Å². The first-order valence-corrected chi connectivity index (χ1v) is 10.7. The van der Waals surface area contributed by atoms with Crippen LogP contribution in [0.1, 0.15) is 47.6 Å². The van der Waals surface area contributed by atoms with Gasteiger partial charge in [-0.15, -0.1) is 4.73 Å². The Kier molecular flexibility index (Phi) is 4.69. The number of para-hydroxylation sites is 1. The Morgan fingerprint density at radius 2 is 1.72 bits per heavy atom. The summed E-state index contributed by atoms with van der Waals surface area (Å²) in [6, 6.07) is 16.8. The molecule has 0 saturated carbocycles. The molecule has 0 fully saturated rings. The molecule has 1 aliphatic rings. The third-order valence-corrected chi connectivity index (χ3v) is 5.83. The number of ketones is 1. The van der Waals surface area contributed by atoms with Crippen LogP contribution in [0.5, 0.6) is 0 Å². The van der Waals surface area contributed by atoms with Crippen LogP contribution in [-0.2, 0) is 13.0 Å². The quantitative estimate of drug-likeness (QED) is 0.496. The van der Waals surface area contributed by atoms with Crippen LogP contribution in [0, 0.1) is 12.3 Å². The van der Waals surface area contributed by atoms with Gasteiger partial charge >= 0.3 is 0 Å². The van der Waals surface area contributed by atoms with Crippen LogP contribution in [0.25, 0.3) is 16.9 Å². The summed E-state index contributed by atoms with van der Waals surface area (Å²) in [5, 5.41) is 5.09. The normalized spacial score (nSPS) is 15.0. The van der Waals surface area contributed by atoms with Crippen LogP contribution in [-0.4, -0.2) is 25.3 Å². The largest absolute Gasteiger partial charge is 0.402 e. The van der Waals surface area contributed by atoms with E-state index in [0.29, 0.717) is 35.0 Å². The summed E-state index contributed by atoms with van der Waals surface area (Å²) in [6.07, 6.45) is 1.12. The fraction of sp³-hybridized carbons (Fsp3) is 0.280. The minimum atomic E-state index is -0.315. The van der Waals surface area contributed by atoms with Gasteiger partial charge in [-0.05, 0) is 36.5 Å². The third kappa shape index (κ3) is 3.39. The predicted octanol–water partition coefficient (Wildman–Crippen LogP) is 3.67. The van der Waals surface area contributed by atoms with Gasteiger partial charge in [0.2, 0.25) is 0 Å². The van der Waals surface area contributed by atoms with E-state index in [9.17, 15) is 9.59 Å². The lowest BCUT2D eigenvalue weighted by atomic mass is 9.75. The smallest absolute Gasteiger partial charge is 0.296 e. The molecule has 0 spiro atoms. The summed E-state index contributed by atoms with van der Waals surface area (Å²) < 4.78 is 2.82. The SMILES string of the molecule is Cc1nn(-c2nc3ccccc3c(=O)n2OCc2ccccc2)c2c1C(=O)CC(C)(C)C2. The number of benzene rings is 2. The molecular formula is C25H24N4O3.